The molecule has 0 atom stereocenters. The van der Waals surface area contributed by atoms with Crippen molar-refractivity contribution in [2.75, 3.05) is 13.1 Å². The molecule has 0 aromatic carbocycles. The molecule has 1 aliphatic heterocycles. The highest BCUT2D eigenvalue weighted by Crippen LogP contribution is 2.41. The van der Waals surface area contributed by atoms with Gasteiger partial charge in [-0.1, -0.05) is 33.6 Å². The predicted octanol–water partition coefficient (Wildman–Crippen LogP) is 3.45. The molecule has 0 radical (unpaired) electrons. The maximum Gasteiger partial charge on any atom is -0.000815 e. The molecule has 0 aromatic rings. The molecule has 1 nitrogen and oxygen atoms in total. The van der Waals surface area contributed by atoms with E-state index in [0.717, 1.165) is 17.8 Å². The third-order valence-corrected chi connectivity index (χ3v) is 4.60. The molecule has 2 aliphatic rings. The average Bonchev–Trinajstić information content (AvgIpc) is 2.11. The van der Waals surface area contributed by atoms with Crippen molar-refractivity contribution in [2.45, 2.75) is 52.9 Å². The monoisotopic (exact) mass is 209 g/mol. The zero-order chi connectivity index (χ0) is 10.9. The van der Waals surface area contributed by atoms with Crippen molar-refractivity contribution in [1.29, 1.82) is 0 Å². The molecular weight excluding hydrogens is 182 g/mol. The zero-order valence-electron chi connectivity index (χ0n) is 10.7. The Labute approximate surface area is 95.0 Å². The van der Waals surface area contributed by atoms with E-state index < -0.39 is 0 Å². The van der Waals surface area contributed by atoms with Crippen LogP contribution in [-0.2, 0) is 0 Å². The lowest BCUT2D eigenvalue weighted by Gasteiger charge is -2.39. The van der Waals surface area contributed by atoms with Crippen molar-refractivity contribution < 1.29 is 0 Å². The molecule has 0 bridgehead atoms. The quantitative estimate of drug-likeness (QED) is 0.734. The van der Waals surface area contributed by atoms with E-state index in [1.54, 1.807) is 0 Å². The molecule has 1 N–H and O–H groups in total. The number of hydrogen-bond donors (Lipinski definition) is 1. The lowest BCUT2D eigenvalue weighted by atomic mass is 9.68. The van der Waals surface area contributed by atoms with Gasteiger partial charge in [-0.15, -0.1) is 0 Å². The van der Waals surface area contributed by atoms with Gasteiger partial charge in [-0.2, -0.15) is 0 Å². The predicted molar refractivity (Wildman–Crippen MR) is 65.9 cm³/mol. The molecule has 0 amide bonds. The van der Waals surface area contributed by atoms with Crippen molar-refractivity contribution in [3.8, 4) is 0 Å². The molecule has 1 heterocycles. The molecule has 88 valence electrons. The van der Waals surface area contributed by atoms with E-state index in [2.05, 4.69) is 26.1 Å². The van der Waals surface area contributed by atoms with E-state index in [4.69, 9.17) is 0 Å². The smallest absolute Gasteiger partial charge is 0.000815 e. The number of rotatable bonds is 2. The first kappa shape index (κ1) is 11.4. The Morgan fingerprint density at radius 1 is 0.933 bits per heavy atom. The molecule has 2 rings (SSSR count). The molecule has 2 fully saturated rings. The highest BCUT2D eigenvalue weighted by molar-refractivity contribution is 4.84. The fraction of sp³-hybridized carbons (Fsp3) is 1.00. The van der Waals surface area contributed by atoms with Gasteiger partial charge in [-0.05, 0) is 55.5 Å². The third kappa shape index (κ3) is 2.96. The number of hydrogen-bond acceptors (Lipinski definition) is 1. The minimum absolute atomic E-state index is 0.545. The highest BCUT2D eigenvalue weighted by Gasteiger charge is 2.31. The summed E-state index contributed by atoms with van der Waals surface area (Å²) >= 11 is 0. The van der Waals surface area contributed by atoms with Crippen LogP contribution in [0.5, 0.6) is 0 Å². The van der Waals surface area contributed by atoms with Gasteiger partial charge >= 0.3 is 0 Å². The van der Waals surface area contributed by atoms with Crippen LogP contribution in [0.4, 0.5) is 0 Å². The van der Waals surface area contributed by atoms with Crippen molar-refractivity contribution in [3.05, 3.63) is 0 Å². The molecule has 1 aliphatic carbocycles. The van der Waals surface area contributed by atoms with E-state index in [9.17, 15) is 0 Å². The Morgan fingerprint density at radius 2 is 1.53 bits per heavy atom. The van der Waals surface area contributed by atoms with Crippen LogP contribution in [0.2, 0.25) is 0 Å². The van der Waals surface area contributed by atoms with Crippen LogP contribution >= 0.6 is 0 Å². The van der Waals surface area contributed by atoms with Gasteiger partial charge in [0.05, 0.1) is 0 Å². The van der Waals surface area contributed by atoms with Gasteiger partial charge in [0.2, 0.25) is 0 Å². The summed E-state index contributed by atoms with van der Waals surface area (Å²) in [7, 11) is 0. The van der Waals surface area contributed by atoms with E-state index >= 15 is 0 Å². The van der Waals surface area contributed by atoms with Crippen LogP contribution in [0.1, 0.15) is 52.9 Å². The topological polar surface area (TPSA) is 12.0 Å². The van der Waals surface area contributed by atoms with Gasteiger partial charge in [0.1, 0.15) is 0 Å². The van der Waals surface area contributed by atoms with Crippen LogP contribution < -0.4 is 5.32 Å². The third-order valence-electron chi connectivity index (χ3n) is 4.60. The second-order valence-electron chi connectivity index (χ2n) is 6.84. The molecule has 15 heavy (non-hydrogen) atoms. The molecule has 1 heteroatoms. The minimum atomic E-state index is 0.545. The number of nitrogens with one attached hydrogen (secondary N) is 1. The van der Waals surface area contributed by atoms with Crippen LogP contribution in [-0.4, -0.2) is 13.1 Å². The van der Waals surface area contributed by atoms with Gasteiger partial charge in [-0.3, -0.25) is 0 Å². The van der Waals surface area contributed by atoms with Gasteiger partial charge in [0, 0.05) is 0 Å². The zero-order valence-corrected chi connectivity index (χ0v) is 10.7. The molecule has 1 saturated heterocycles. The lowest BCUT2D eigenvalue weighted by molar-refractivity contribution is 0.131. The van der Waals surface area contributed by atoms with Crippen molar-refractivity contribution in [3.63, 3.8) is 0 Å². The summed E-state index contributed by atoms with van der Waals surface area (Å²) in [5, 5.41) is 3.38. The largest absolute Gasteiger partial charge is 0.316 e. The Morgan fingerprint density at radius 3 is 1.93 bits per heavy atom. The SMILES string of the molecule is CC(C)(C)C1CCC(CC2CNC2)CC1. The molecule has 1 saturated carbocycles. The van der Waals surface area contributed by atoms with Gasteiger partial charge in [-0.25, -0.2) is 0 Å². The summed E-state index contributed by atoms with van der Waals surface area (Å²) in [6.45, 7) is 9.81. The van der Waals surface area contributed by atoms with Crippen LogP contribution in [0.3, 0.4) is 0 Å². The Kier molecular flexibility index (Phi) is 3.39. The van der Waals surface area contributed by atoms with Crippen molar-refractivity contribution in [2.24, 2.45) is 23.2 Å². The minimum Gasteiger partial charge on any atom is -0.316 e. The van der Waals surface area contributed by atoms with Crippen molar-refractivity contribution >= 4 is 0 Å². The van der Waals surface area contributed by atoms with E-state index in [1.165, 1.54) is 45.2 Å². The van der Waals surface area contributed by atoms with Gasteiger partial charge in [0.25, 0.3) is 0 Å². The van der Waals surface area contributed by atoms with Gasteiger partial charge < -0.3 is 5.32 Å². The fourth-order valence-corrected chi connectivity index (χ4v) is 3.25. The maximum atomic E-state index is 3.38. The van der Waals surface area contributed by atoms with Crippen molar-refractivity contribution in [1.82, 2.24) is 5.32 Å². The summed E-state index contributed by atoms with van der Waals surface area (Å²) in [5.74, 6) is 3.05. The summed E-state index contributed by atoms with van der Waals surface area (Å²) in [6, 6.07) is 0. The second kappa shape index (κ2) is 4.45. The standard InChI is InChI=1S/C14H27N/c1-14(2,3)13-6-4-11(5-7-13)8-12-9-15-10-12/h11-13,15H,4-10H2,1-3H3. The van der Waals surface area contributed by atoms with Crippen LogP contribution in [0.15, 0.2) is 0 Å². The van der Waals surface area contributed by atoms with E-state index in [1.807, 2.05) is 0 Å². The lowest BCUT2D eigenvalue weighted by Crippen LogP contribution is -2.43. The van der Waals surface area contributed by atoms with E-state index in [-0.39, 0.29) is 0 Å². The van der Waals surface area contributed by atoms with E-state index in [0.29, 0.717) is 5.41 Å². The highest BCUT2D eigenvalue weighted by atomic mass is 14.9. The molecule has 0 unspecified atom stereocenters. The summed E-state index contributed by atoms with van der Waals surface area (Å²) in [6.07, 6.45) is 7.46. The van der Waals surface area contributed by atoms with Gasteiger partial charge in [0.15, 0.2) is 0 Å². The first-order valence-corrected chi connectivity index (χ1v) is 6.76. The fourth-order valence-electron chi connectivity index (χ4n) is 3.25. The molecule has 0 aromatic heterocycles. The molecular formula is C14H27N. The second-order valence-corrected chi connectivity index (χ2v) is 6.84. The Hall–Kier alpha value is -0.0400. The van der Waals surface area contributed by atoms with Crippen LogP contribution in [0.25, 0.3) is 0 Å². The summed E-state index contributed by atoms with van der Waals surface area (Å²) in [4.78, 5) is 0. The first-order valence-electron chi connectivity index (χ1n) is 6.76. The Bertz CT molecular complexity index is 192. The summed E-state index contributed by atoms with van der Waals surface area (Å²) < 4.78 is 0. The Balaban J connectivity index is 1.71. The average molecular weight is 209 g/mol. The maximum absolute atomic E-state index is 3.38. The van der Waals surface area contributed by atoms with Crippen LogP contribution in [0, 0.1) is 23.2 Å². The summed E-state index contributed by atoms with van der Waals surface area (Å²) in [5.41, 5.74) is 0.545. The first-order chi connectivity index (χ1) is 7.05. The molecule has 0 spiro atoms. The normalized spacial score (nSPS) is 33.8.